The summed E-state index contributed by atoms with van der Waals surface area (Å²) in [5.41, 5.74) is 3.17. The minimum atomic E-state index is -0.400. The van der Waals surface area contributed by atoms with Gasteiger partial charge >= 0.3 is 0 Å². The van der Waals surface area contributed by atoms with Crippen LogP contribution in [0.5, 0.6) is 0 Å². The van der Waals surface area contributed by atoms with Gasteiger partial charge in [0.15, 0.2) is 17.3 Å². The van der Waals surface area contributed by atoms with Crippen molar-refractivity contribution in [2.45, 2.75) is 49.4 Å². The zero-order chi connectivity index (χ0) is 28.4. The molecule has 4 heterocycles. The number of hydrogen-bond acceptors (Lipinski definition) is 7. The largest absolute Gasteiger partial charge is 0.363 e. The summed E-state index contributed by atoms with van der Waals surface area (Å²) in [6.07, 6.45) is 5.01. The van der Waals surface area contributed by atoms with Gasteiger partial charge in [-0.1, -0.05) is 44.3 Å². The Kier molecular flexibility index (Phi) is 8.41. The second kappa shape index (κ2) is 12.0. The molecule has 2 fully saturated rings. The lowest BCUT2D eigenvalue weighted by molar-refractivity contribution is -0.137. The smallest absolute Gasteiger partial charge is 0.246 e. The van der Waals surface area contributed by atoms with Gasteiger partial charge < -0.3 is 20.4 Å². The average Bonchev–Trinajstić information content (AvgIpc) is 3.33. The molecule has 2 amide bonds. The predicted molar refractivity (Wildman–Crippen MR) is 156 cm³/mol. The van der Waals surface area contributed by atoms with Gasteiger partial charge in [-0.15, -0.1) is 0 Å². The van der Waals surface area contributed by atoms with Crippen molar-refractivity contribution in [1.29, 1.82) is 0 Å². The number of piperidine rings is 1. The number of likely N-dealkylation sites (tertiary alicyclic amines) is 2. The van der Waals surface area contributed by atoms with Crippen LogP contribution in [-0.4, -0.2) is 74.7 Å². The van der Waals surface area contributed by atoms with E-state index in [0.717, 1.165) is 37.1 Å². The van der Waals surface area contributed by atoms with E-state index in [4.69, 9.17) is 4.98 Å². The molecule has 3 aromatic rings. The average molecular weight is 566 g/mol. The second-order valence-electron chi connectivity index (χ2n) is 10.9. The summed E-state index contributed by atoms with van der Waals surface area (Å²) in [7, 11) is 2.11. The Bertz CT molecular complexity index is 1410. The van der Waals surface area contributed by atoms with Crippen LogP contribution in [0, 0.1) is 11.7 Å². The number of hydrogen-bond donors (Lipinski definition) is 2. The molecule has 2 saturated heterocycles. The van der Waals surface area contributed by atoms with Crippen LogP contribution in [-0.2, 0) is 16.1 Å². The molecule has 40 heavy (non-hydrogen) atoms. The molecule has 0 spiro atoms. The third-order valence-electron chi connectivity index (χ3n) is 7.55. The first-order valence-electron chi connectivity index (χ1n) is 13.7. The Morgan fingerprint density at radius 2 is 2.00 bits per heavy atom. The Morgan fingerprint density at radius 3 is 2.70 bits per heavy atom. The molecule has 9 nitrogen and oxygen atoms in total. The number of halogens is 1. The van der Waals surface area contributed by atoms with Crippen LogP contribution in [0.3, 0.4) is 0 Å². The van der Waals surface area contributed by atoms with E-state index in [1.807, 2.05) is 24.3 Å². The maximum Gasteiger partial charge on any atom is 0.246 e. The van der Waals surface area contributed by atoms with Gasteiger partial charge in [0.1, 0.15) is 5.03 Å². The lowest BCUT2D eigenvalue weighted by atomic mass is 9.99. The number of carbonyl (C=O) groups excluding carboxylic acids is 2. The first-order valence-corrected chi connectivity index (χ1v) is 14.6. The fourth-order valence-electron chi connectivity index (χ4n) is 5.01. The maximum absolute atomic E-state index is 15.9. The van der Waals surface area contributed by atoms with E-state index in [1.54, 1.807) is 15.6 Å². The van der Waals surface area contributed by atoms with E-state index in [2.05, 4.69) is 48.1 Å². The molecule has 0 atom stereocenters. The third-order valence-corrected chi connectivity index (χ3v) is 8.84. The van der Waals surface area contributed by atoms with Gasteiger partial charge in [0.05, 0.1) is 12.1 Å². The van der Waals surface area contributed by atoms with Crippen molar-refractivity contribution < 1.29 is 14.0 Å². The minimum absolute atomic E-state index is 0.131. The van der Waals surface area contributed by atoms with Crippen molar-refractivity contribution in [3.63, 3.8) is 0 Å². The van der Waals surface area contributed by atoms with E-state index in [0.29, 0.717) is 41.2 Å². The predicted octanol–water partition coefficient (Wildman–Crippen LogP) is 4.37. The zero-order valence-electron chi connectivity index (χ0n) is 23.2. The van der Waals surface area contributed by atoms with Crippen LogP contribution in [0.2, 0.25) is 0 Å². The van der Waals surface area contributed by atoms with Gasteiger partial charge in [-0.05, 0) is 62.7 Å². The molecule has 0 unspecified atom stereocenters. The number of thioether (sulfide) groups is 1. The molecule has 5 rings (SSSR count). The standard InChI is InChI=1S/C29H36FN7O2S/c1-5-24(38)36-16-20(17-36)28(39)33-21-8-6-7-19(13-21)14-31-27-25(30)29(40-22-9-11-35(4)12-10-22)34-26-23(18(2)3)15-32-37(26)27/h5-8,13,15,18,20,22,31H,1,9-12,14,16-17H2,2-4H3,(H,33,39). The molecule has 2 aliphatic rings. The molecule has 0 radical (unpaired) electrons. The number of fused-ring (bicyclic) bond motifs is 1. The number of nitrogens with zero attached hydrogens (tertiary/aromatic N) is 5. The summed E-state index contributed by atoms with van der Waals surface area (Å²) in [5, 5.41) is 11.4. The molecule has 2 aliphatic heterocycles. The Balaban J connectivity index is 1.31. The number of benzene rings is 1. The molecule has 0 saturated carbocycles. The van der Waals surface area contributed by atoms with Crippen LogP contribution in [0.1, 0.15) is 43.7 Å². The molecule has 11 heteroatoms. The molecule has 212 valence electrons. The van der Waals surface area contributed by atoms with Gasteiger partial charge in [-0.2, -0.15) is 14.0 Å². The van der Waals surface area contributed by atoms with Crippen LogP contribution in [0.4, 0.5) is 15.9 Å². The van der Waals surface area contributed by atoms with Crippen molar-refractivity contribution in [2.75, 3.05) is 43.9 Å². The molecule has 2 N–H and O–H groups in total. The van der Waals surface area contributed by atoms with Gasteiger partial charge in [0, 0.05) is 36.1 Å². The minimum Gasteiger partial charge on any atom is -0.363 e. The van der Waals surface area contributed by atoms with Crippen LogP contribution in [0.25, 0.3) is 5.65 Å². The lowest BCUT2D eigenvalue weighted by Crippen LogP contribution is -2.53. The van der Waals surface area contributed by atoms with Crippen molar-refractivity contribution in [3.8, 4) is 0 Å². The van der Waals surface area contributed by atoms with Crippen molar-refractivity contribution in [1.82, 2.24) is 24.4 Å². The van der Waals surface area contributed by atoms with Crippen molar-refractivity contribution in [2.24, 2.45) is 5.92 Å². The van der Waals surface area contributed by atoms with Gasteiger partial charge in [0.25, 0.3) is 0 Å². The second-order valence-corrected chi connectivity index (χ2v) is 12.2. The summed E-state index contributed by atoms with van der Waals surface area (Å²) in [6.45, 7) is 10.7. The highest BCUT2D eigenvalue weighted by atomic mass is 32.2. The van der Waals surface area contributed by atoms with Gasteiger partial charge in [-0.3, -0.25) is 9.59 Å². The van der Waals surface area contributed by atoms with E-state index in [1.165, 1.54) is 17.8 Å². The summed E-state index contributed by atoms with van der Waals surface area (Å²) >= 11 is 1.52. The third kappa shape index (κ3) is 6.00. The number of anilines is 2. The molecule has 0 bridgehead atoms. The molecule has 0 aliphatic carbocycles. The summed E-state index contributed by atoms with van der Waals surface area (Å²) < 4.78 is 17.5. The summed E-state index contributed by atoms with van der Waals surface area (Å²) in [5.74, 6) is -0.470. The highest BCUT2D eigenvalue weighted by Crippen LogP contribution is 2.35. The van der Waals surface area contributed by atoms with E-state index < -0.39 is 5.82 Å². The highest BCUT2D eigenvalue weighted by Gasteiger charge is 2.34. The first-order chi connectivity index (χ1) is 19.2. The highest BCUT2D eigenvalue weighted by molar-refractivity contribution is 7.99. The van der Waals surface area contributed by atoms with Crippen LogP contribution >= 0.6 is 11.8 Å². The molecule has 2 aromatic heterocycles. The molecular weight excluding hydrogens is 529 g/mol. The lowest BCUT2D eigenvalue weighted by Gasteiger charge is -2.37. The first kappa shape index (κ1) is 28.1. The normalized spacial score (nSPS) is 16.8. The van der Waals surface area contributed by atoms with Gasteiger partial charge in [-0.25, -0.2) is 4.98 Å². The van der Waals surface area contributed by atoms with E-state index in [9.17, 15) is 9.59 Å². The Labute approximate surface area is 238 Å². The van der Waals surface area contributed by atoms with Crippen molar-refractivity contribution in [3.05, 3.63) is 60.1 Å². The Morgan fingerprint density at radius 1 is 1.25 bits per heavy atom. The fourth-order valence-corrected chi connectivity index (χ4v) is 6.11. The van der Waals surface area contributed by atoms with E-state index in [-0.39, 0.29) is 29.5 Å². The number of amides is 2. The number of rotatable bonds is 9. The summed E-state index contributed by atoms with van der Waals surface area (Å²) in [4.78, 5) is 32.9. The molecular formula is C29H36FN7O2S. The monoisotopic (exact) mass is 565 g/mol. The number of carbonyl (C=O) groups is 2. The summed E-state index contributed by atoms with van der Waals surface area (Å²) in [6, 6.07) is 7.45. The Hall–Kier alpha value is -3.44. The zero-order valence-corrected chi connectivity index (χ0v) is 24.0. The van der Waals surface area contributed by atoms with Crippen molar-refractivity contribution >= 4 is 40.7 Å². The quantitative estimate of drug-likeness (QED) is 0.294. The SMILES string of the molecule is C=CC(=O)N1CC(C(=O)Nc2cccc(CNc3c(F)c(SC4CCN(C)CC4)nc4c(C(C)C)cnn34)c2)C1. The topological polar surface area (TPSA) is 94.9 Å². The fraction of sp³-hybridized carbons (Fsp3) is 0.448. The van der Waals surface area contributed by atoms with Crippen LogP contribution < -0.4 is 10.6 Å². The van der Waals surface area contributed by atoms with E-state index >= 15 is 4.39 Å². The van der Waals surface area contributed by atoms with Gasteiger partial charge in [0.2, 0.25) is 11.8 Å². The molecule has 1 aromatic carbocycles. The van der Waals surface area contributed by atoms with Crippen LogP contribution in [0.15, 0.2) is 48.1 Å². The number of aromatic nitrogens is 3. The maximum atomic E-state index is 15.9. The number of nitrogens with one attached hydrogen (secondary N) is 2.